The average molecular weight is 271 g/mol. The van der Waals surface area contributed by atoms with Crippen LogP contribution in [0.2, 0.25) is 0 Å². The van der Waals surface area contributed by atoms with Crippen molar-refractivity contribution in [1.29, 1.82) is 0 Å². The van der Waals surface area contributed by atoms with E-state index in [-0.39, 0.29) is 0 Å². The van der Waals surface area contributed by atoms with Crippen molar-refractivity contribution in [3.8, 4) is 0 Å². The van der Waals surface area contributed by atoms with E-state index in [0.29, 0.717) is 9.13 Å². The van der Waals surface area contributed by atoms with Crippen molar-refractivity contribution in [3.05, 3.63) is 31.5 Å². The SMILES string of the molecule is O=C([O-])CCn1c(=O)[nH]c(=O)n(CCC(=O)[O-])c1=O. The number of nitrogens with one attached hydrogen (secondary N) is 1. The lowest BCUT2D eigenvalue weighted by Crippen LogP contribution is -2.50. The summed E-state index contributed by atoms with van der Waals surface area (Å²) in [4.78, 5) is 56.7. The van der Waals surface area contributed by atoms with Gasteiger partial charge in [-0.2, -0.15) is 0 Å². The highest BCUT2D eigenvalue weighted by atomic mass is 16.4. The molecule has 1 N–H and O–H groups in total. The number of aliphatic carboxylic acids is 2. The van der Waals surface area contributed by atoms with Gasteiger partial charge < -0.3 is 19.8 Å². The third kappa shape index (κ3) is 3.66. The molecule has 0 amide bonds. The molecule has 0 spiro atoms. The molecule has 0 saturated carbocycles. The van der Waals surface area contributed by atoms with Crippen LogP contribution >= 0.6 is 0 Å². The molecule has 104 valence electrons. The van der Waals surface area contributed by atoms with Crippen LogP contribution in [0.5, 0.6) is 0 Å². The van der Waals surface area contributed by atoms with Crippen molar-refractivity contribution in [1.82, 2.24) is 14.1 Å². The Hall–Kier alpha value is -2.65. The maximum absolute atomic E-state index is 11.7. The van der Waals surface area contributed by atoms with Crippen LogP contribution in [0.3, 0.4) is 0 Å². The third-order valence-electron chi connectivity index (χ3n) is 2.25. The number of carbonyl (C=O) groups is 2. The Balaban J connectivity index is 3.19. The number of nitrogens with zero attached hydrogens (tertiary/aromatic N) is 2. The lowest BCUT2D eigenvalue weighted by molar-refractivity contribution is -0.307. The summed E-state index contributed by atoms with van der Waals surface area (Å²) in [6.45, 7) is -0.968. The predicted octanol–water partition coefficient (Wildman–Crippen LogP) is -5.02. The zero-order chi connectivity index (χ0) is 14.6. The number of H-pyrrole nitrogens is 1. The van der Waals surface area contributed by atoms with E-state index in [4.69, 9.17) is 0 Å². The molecule has 0 aliphatic heterocycles. The van der Waals surface area contributed by atoms with Gasteiger partial charge in [0, 0.05) is 37.9 Å². The topological polar surface area (TPSA) is 157 Å². The molecule has 19 heavy (non-hydrogen) atoms. The zero-order valence-electron chi connectivity index (χ0n) is 9.58. The van der Waals surface area contributed by atoms with Crippen LogP contribution in [-0.2, 0) is 22.7 Å². The maximum Gasteiger partial charge on any atom is 0.336 e. The Morgan fingerprint density at radius 1 is 0.895 bits per heavy atom. The quantitative estimate of drug-likeness (QED) is 0.542. The Labute approximate surface area is 104 Å². The Bertz CT molecular complexity index is 612. The minimum Gasteiger partial charge on any atom is -0.550 e. The fraction of sp³-hybridized carbons (Fsp3) is 0.444. The Morgan fingerprint density at radius 3 is 1.58 bits per heavy atom. The lowest BCUT2D eigenvalue weighted by Gasteiger charge is -2.09. The van der Waals surface area contributed by atoms with Gasteiger partial charge in [0.1, 0.15) is 0 Å². The molecule has 10 heteroatoms. The van der Waals surface area contributed by atoms with Crippen molar-refractivity contribution >= 4 is 11.9 Å². The molecule has 1 aromatic heterocycles. The predicted molar refractivity (Wildman–Crippen MR) is 54.8 cm³/mol. The van der Waals surface area contributed by atoms with Gasteiger partial charge in [0.25, 0.3) is 0 Å². The summed E-state index contributed by atoms with van der Waals surface area (Å²) in [6.07, 6.45) is -1.19. The smallest absolute Gasteiger partial charge is 0.336 e. The van der Waals surface area contributed by atoms with E-state index >= 15 is 0 Å². The summed E-state index contributed by atoms with van der Waals surface area (Å²) < 4.78 is 0.957. The van der Waals surface area contributed by atoms with Gasteiger partial charge in [-0.25, -0.2) is 23.5 Å². The monoisotopic (exact) mass is 271 g/mol. The molecule has 0 aromatic carbocycles. The van der Waals surface area contributed by atoms with Crippen molar-refractivity contribution in [2.75, 3.05) is 0 Å². The number of carboxylic acids is 2. The van der Waals surface area contributed by atoms with Gasteiger partial charge >= 0.3 is 17.1 Å². The highest BCUT2D eigenvalue weighted by Gasteiger charge is 2.09. The van der Waals surface area contributed by atoms with Gasteiger partial charge in [-0.15, -0.1) is 0 Å². The van der Waals surface area contributed by atoms with E-state index in [1.165, 1.54) is 0 Å². The van der Waals surface area contributed by atoms with E-state index in [1.54, 1.807) is 4.98 Å². The number of carbonyl (C=O) groups excluding carboxylic acids is 2. The van der Waals surface area contributed by atoms with Gasteiger partial charge in [-0.1, -0.05) is 0 Å². The summed E-state index contributed by atoms with van der Waals surface area (Å²) in [5.74, 6) is -2.95. The number of carboxylic acid groups (broad SMARTS) is 2. The van der Waals surface area contributed by atoms with Crippen molar-refractivity contribution in [3.63, 3.8) is 0 Å². The van der Waals surface area contributed by atoms with Crippen LogP contribution < -0.4 is 27.3 Å². The standard InChI is InChI=1S/C9H11N3O7/c13-5(14)1-3-11-7(17)10-8(18)12(9(11)19)4-2-6(15)16/h1-4H2,(H,13,14)(H,15,16)(H,10,17,18)/p-2. The van der Waals surface area contributed by atoms with Gasteiger partial charge in [-0.3, -0.25) is 4.98 Å². The summed E-state index contributed by atoms with van der Waals surface area (Å²) >= 11 is 0. The first-order chi connectivity index (χ1) is 8.82. The van der Waals surface area contributed by atoms with Gasteiger partial charge in [-0.05, 0) is 0 Å². The van der Waals surface area contributed by atoms with E-state index in [1.807, 2.05) is 0 Å². The molecule has 0 aliphatic rings. The number of aromatic amines is 1. The first-order valence-corrected chi connectivity index (χ1v) is 5.16. The average Bonchev–Trinajstić information content (AvgIpc) is 2.27. The van der Waals surface area contributed by atoms with Crippen LogP contribution in [0.4, 0.5) is 0 Å². The molecule has 1 heterocycles. The largest absolute Gasteiger partial charge is 0.550 e. The molecule has 10 nitrogen and oxygen atoms in total. The van der Waals surface area contributed by atoms with Crippen molar-refractivity contribution in [2.24, 2.45) is 0 Å². The second kappa shape index (κ2) is 5.80. The first kappa shape index (κ1) is 14.4. The molecule has 0 atom stereocenters. The molecule has 0 saturated heterocycles. The number of hydrogen-bond donors (Lipinski definition) is 1. The van der Waals surface area contributed by atoms with Crippen molar-refractivity contribution in [2.45, 2.75) is 25.9 Å². The molecule has 0 bridgehead atoms. The van der Waals surface area contributed by atoms with E-state index in [0.717, 1.165) is 0 Å². The fourth-order valence-corrected chi connectivity index (χ4v) is 1.35. The summed E-state index contributed by atoms with van der Waals surface area (Å²) in [7, 11) is 0. The molecule has 1 aromatic rings. The summed E-state index contributed by atoms with van der Waals surface area (Å²) in [6, 6.07) is 0. The van der Waals surface area contributed by atoms with Gasteiger partial charge in [0.2, 0.25) is 0 Å². The molecule has 1 rings (SSSR count). The van der Waals surface area contributed by atoms with Crippen LogP contribution in [0, 0.1) is 0 Å². The van der Waals surface area contributed by atoms with E-state index in [2.05, 4.69) is 0 Å². The first-order valence-electron chi connectivity index (χ1n) is 5.16. The summed E-state index contributed by atoms with van der Waals surface area (Å²) in [5.41, 5.74) is -3.22. The Kier molecular flexibility index (Phi) is 4.40. The van der Waals surface area contributed by atoms with Crippen molar-refractivity contribution < 1.29 is 19.8 Å². The minimum absolute atomic E-state index is 0.479. The minimum atomic E-state index is -1.47. The zero-order valence-corrected chi connectivity index (χ0v) is 9.58. The molecular formula is C9H9N3O7-2. The van der Waals surface area contributed by atoms with E-state index in [9.17, 15) is 34.2 Å². The molecular weight excluding hydrogens is 262 g/mol. The van der Waals surface area contributed by atoms with Crippen LogP contribution in [-0.4, -0.2) is 26.1 Å². The summed E-state index contributed by atoms with van der Waals surface area (Å²) in [5, 5.41) is 20.5. The molecule has 0 radical (unpaired) electrons. The second-order valence-corrected chi connectivity index (χ2v) is 3.57. The third-order valence-corrected chi connectivity index (χ3v) is 2.25. The van der Waals surface area contributed by atoms with Gasteiger partial charge in [0.05, 0.1) is 0 Å². The lowest BCUT2D eigenvalue weighted by atomic mass is 10.4. The normalized spacial score (nSPS) is 10.3. The van der Waals surface area contributed by atoms with Gasteiger partial charge in [0.15, 0.2) is 0 Å². The van der Waals surface area contributed by atoms with Crippen LogP contribution in [0.1, 0.15) is 12.8 Å². The van der Waals surface area contributed by atoms with Crippen LogP contribution in [0.15, 0.2) is 14.4 Å². The number of rotatable bonds is 6. The van der Waals surface area contributed by atoms with Crippen LogP contribution in [0.25, 0.3) is 0 Å². The molecule has 0 unspecified atom stereocenters. The van der Waals surface area contributed by atoms with E-state index < -0.39 is 54.9 Å². The molecule has 0 fully saturated rings. The highest BCUT2D eigenvalue weighted by Crippen LogP contribution is 1.82. The maximum atomic E-state index is 11.7. The number of aromatic nitrogens is 3. The Morgan fingerprint density at radius 2 is 1.26 bits per heavy atom. The highest BCUT2D eigenvalue weighted by molar-refractivity contribution is 5.64. The second-order valence-electron chi connectivity index (χ2n) is 3.57. The molecule has 0 aliphatic carbocycles. The fourth-order valence-electron chi connectivity index (χ4n) is 1.35. The number of hydrogen-bond acceptors (Lipinski definition) is 7.